The van der Waals surface area contributed by atoms with Gasteiger partial charge in [-0.3, -0.25) is 0 Å². The molecule has 1 unspecified atom stereocenters. The van der Waals surface area contributed by atoms with Gasteiger partial charge in [-0.05, 0) is 24.5 Å². The molecule has 2 nitrogen and oxygen atoms in total. The lowest BCUT2D eigenvalue weighted by Crippen LogP contribution is -2.29. The third-order valence-corrected chi connectivity index (χ3v) is 4.43. The zero-order valence-electron chi connectivity index (χ0n) is 12.7. The summed E-state index contributed by atoms with van der Waals surface area (Å²) in [6.45, 7) is 10.3. The van der Waals surface area contributed by atoms with Crippen molar-refractivity contribution < 1.29 is 0 Å². The molecular formula is C16H24N2S. The number of nitrogens with zero attached hydrogens (tertiary/aromatic N) is 2. The number of nitriles is 2. The Morgan fingerprint density at radius 1 is 1.26 bits per heavy atom. The van der Waals surface area contributed by atoms with E-state index >= 15 is 0 Å². The van der Waals surface area contributed by atoms with Crippen LogP contribution in [-0.2, 0) is 5.41 Å². The molecule has 0 aromatic carbocycles. The summed E-state index contributed by atoms with van der Waals surface area (Å²) in [5.74, 6) is 0.268. The highest BCUT2D eigenvalue weighted by Gasteiger charge is 2.36. The molecule has 1 aromatic rings. The highest BCUT2D eigenvalue weighted by molar-refractivity contribution is 7.12. The van der Waals surface area contributed by atoms with Crippen LogP contribution in [0.2, 0.25) is 0 Å². The summed E-state index contributed by atoms with van der Waals surface area (Å²) in [5, 5.41) is 18.5. The smallest absolute Gasteiger partial charge is 0.110 e. The van der Waals surface area contributed by atoms with Crippen molar-refractivity contribution >= 4 is 11.3 Å². The van der Waals surface area contributed by atoms with Crippen LogP contribution in [0.15, 0.2) is 12.1 Å². The first-order valence-electron chi connectivity index (χ1n) is 7.02. The van der Waals surface area contributed by atoms with Crippen LogP contribution in [0, 0.1) is 28.6 Å². The van der Waals surface area contributed by atoms with E-state index in [4.69, 9.17) is 5.26 Å². The molecule has 0 saturated heterocycles. The fourth-order valence-corrected chi connectivity index (χ4v) is 3.15. The van der Waals surface area contributed by atoms with Crippen LogP contribution in [0.25, 0.3) is 0 Å². The van der Waals surface area contributed by atoms with Crippen LogP contribution in [-0.4, -0.2) is 0 Å². The first kappa shape index (κ1) is 17.7. The Morgan fingerprint density at radius 3 is 2.26 bits per heavy atom. The largest absolute Gasteiger partial charge is 0.197 e. The molecule has 0 amide bonds. The van der Waals surface area contributed by atoms with E-state index < -0.39 is 5.41 Å². The third kappa shape index (κ3) is 4.08. The number of thiophene rings is 1. The van der Waals surface area contributed by atoms with E-state index in [1.54, 1.807) is 0 Å². The van der Waals surface area contributed by atoms with E-state index in [1.807, 2.05) is 26.0 Å². The Bertz CT molecular complexity index is 448. The number of rotatable bonds is 5. The average Bonchev–Trinajstić information content (AvgIpc) is 2.91. The van der Waals surface area contributed by atoms with Crippen LogP contribution in [0.3, 0.4) is 0 Å². The van der Waals surface area contributed by atoms with Crippen molar-refractivity contribution in [3.05, 3.63) is 21.9 Å². The molecule has 0 spiro atoms. The van der Waals surface area contributed by atoms with Gasteiger partial charge in [0.15, 0.2) is 0 Å². The Morgan fingerprint density at radius 2 is 1.89 bits per heavy atom. The maximum absolute atomic E-state index is 9.58. The van der Waals surface area contributed by atoms with Crippen molar-refractivity contribution in [2.75, 3.05) is 0 Å². The second kappa shape index (κ2) is 8.73. The summed E-state index contributed by atoms with van der Waals surface area (Å²) >= 11 is 1.46. The zero-order valence-corrected chi connectivity index (χ0v) is 13.5. The summed E-state index contributed by atoms with van der Waals surface area (Å²) in [4.78, 5) is 1.73. The van der Waals surface area contributed by atoms with Crippen molar-refractivity contribution in [1.29, 1.82) is 10.5 Å². The van der Waals surface area contributed by atoms with Crippen molar-refractivity contribution in [2.45, 2.75) is 59.3 Å². The van der Waals surface area contributed by atoms with E-state index in [-0.39, 0.29) is 5.92 Å². The minimum absolute atomic E-state index is 0.268. The van der Waals surface area contributed by atoms with Gasteiger partial charge >= 0.3 is 0 Å². The lowest BCUT2D eigenvalue weighted by molar-refractivity contribution is 0.364. The van der Waals surface area contributed by atoms with Crippen LogP contribution in [0.1, 0.15) is 63.6 Å². The fourth-order valence-electron chi connectivity index (χ4n) is 2.03. The van der Waals surface area contributed by atoms with Gasteiger partial charge in [0.25, 0.3) is 0 Å². The van der Waals surface area contributed by atoms with Crippen LogP contribution in [0.5, 0.6) is 0 Å². The van der Waals surface area contributed by atoms with E-state index in [9.17, 15) is 5.26 Å². The molecule has 0 bridgehead atoms. The molecule has 1 rings (SSSR count). The van der Waals surface area contributed by atoms with Gasteiger partial charge < -0.3 is 0 Å². The molecule has 0 aliphatic rings. The molecule has 3 heteroatoms. The Hall–Kier alpha value is -1.32. The topological polar surface area (TPSA) is 47.6 Å². The molecule has 0 N–H and O–H groups in total. The van der Waals surface area contributed by atoms with E-state index in [1.165, 1.54) is 11.3 Å². The fraction of sp³-hybridized carbons (Fsp3) is 0.625. The monoisotopic (exact) mass is 276 g/mol. The van der Waals surface area contributed by atoms with Crippen LogP contribution in [0.4, 0.5) is 0 Å². The lowest BCUT2D eigenvalue weighted by Gasteiger charge is -2.29. The van der Waals surface area contributed by atoms with Gasteiger partial charge in [-0.1, -0.05) is 47.5 Å². The SMILES string of the molecule is CC.CCCCC(C#N)(c1ccc(C#N)s1)C(C)C. The van der Waals surface area contributed by atoms with Crippen LogP contribution >= 0.6 is 11.3 Å². The molecule has 0 aliphatic carbocycles. The van der Waals surface area contributed by atoms with Crippen molar-refractivity contribution in [3.8, 4) is 12.1 Å². The lowest BCUT2D eigenvalue weighted by atomic mass is 9.73. The normalized spacial score (nSPS) is 12.8. The molecule has 1 aromatic heterocycles. The minimum Gasteiger partial charge on any atom is -0.197 e. The maximum atomic E-state index is 9.58. The van der Waals surface area contributed by atoms with E-state index in [0.29, 0.717) is 4.88 Å². The second-order valence-electron chi connectivity index (χ2n) is 4.62. The van der Waals surface area contributed by atoms with E-state index in [0.717, 1.165) is 24.1 Å². The average molecular weight is 276 g/mol. The Balaban J connectivity index is 0.00000154. The molecule has 1 atom stereocenters. The maximum Gasteiger partial charge on any atom is 0.110 e. The molecule has 1 heterocycles. The Labute approximate surface area is 121 Å². The number of unbranched alkanes of at least 4 members (excludes halogenated alkanes) is 1. The van der Waals surface area contributed by atoms with Crippen molar-refractivity contribution in [2.24, 2.45) is 5.92 Å². The zero-order chi connectivity index (χ0) is 14.9. The van der Waals surface area contributed by atoms with Gasteiger partial charge in [-0.25, -0.2) is 0 Å². The summed E-state index contributed by atoms with van der Waals surface area (Å²) in [6.07, 6.45) is 3.02. The van der Waals surface area contributed by atoms with Gasteiger partial charge in [-0.15, -0.1) is 11.3 Å². The van der Waals surface area contributed by atoms with Gasteiger partial charge in [-0.2, -0.15) is 10.5 Å². The second-order valence-corrected chi connectivity index (χ2v) is 5.70. The highest BCUT2D eigenvalue weighted by atomic mass is 32.1. The number of hydrogen-bond donors (Lipinski definition) is 0. The van der Waals surface area contributed by atoms with Gasteiger partial charge in [0.2, 0.25) is 0 Å². The standard InChI is InChI=1S/C14H18N2S.C2H6/c1-4-5-8-14(10-16,11(2)3)13-7-6-12(9-15)17-13;1-2/h6-7,11H,4-5,8H2,1-3H3;1-2H3. The Kier molecular flexibility index (Phi) is 8.12. The molecule has 19 heavy (non-hydrogen) atoms. The first-order valence-corrected chi connectivity index (χ1v) is 7.84. The molecular weight excluding hydrogens is 252 g/mol. The molecule has 104 valence electrons. The van der Waals surface area contributed by atoms with Crippen molar-refractivity contribution in [1.82, 2.24) is 0 Å². The molecule has 0 saturated carbocycles. The summed E-state index contributed by atoms with van der Waals surface area (Å²) in [7, 11) is 0. The van der Waals surface area contributed by atoms with E-state index in [2.05, 4.69) is 32.9 Å². The third-order valence-electron chi connectivity index (χ3n) is 3.27. The molecule has 0 aliphatic heterocycles. The van der Waals surface area contributed by atoms with Gasteiger partial charge in [0.05, 0.1) is 11.5 Å². The minimum atomic E-state index is -0.421. The summed E-state index contributed by atoms with van der Waals surface area (Å²) in [6, 6.07) is 8.42. The quantitative estimate of drug-likeness (QED) is 0.737. The van der Waals surface area contributed by atoms with Crippen LogP contribution < -0.4 is 0 Å². The predicted molar refractivity (Wildman–Crippen MR) is 82.0 cm³/mol. The highest BCUT2D eigenvalue weighted by Crippen LogP contribution is 2.40. The van der Waals surface area contributed by atoms with Gasteiger partial charge in [0, 0.05) is 4.88 Å². The first-order chi connectivity index (χ1) is 9.10. The summed E-state index contributed by atoms with van der Waals surface area (Å²) < 4.78 is 0. The molecule has 0 fully saturated rings. The number of hydrogen-bond acceptors (Lipinski definition) is 3. The molecule has 0 radical (unpaired) electrons. The predicted octanol–water partition coefficient (Wildman–Crippen LogP) is 5.25. The summed E-state index contributed by atoms with van der Waals surface area (Å²) in [5.41, 5.74) is -0.421. The van der Waals surface area contributed by atoms with Gasteiger partial charge in [0.1, 0.15) is 10.9 Å². The van der Waals surface area contributed by atoms with Crippen molar-refractivity contribution in [3.63, 3.8) is 0 Å².